The number of fused-ring (bicyclic) bond motifs is 6. The highest BCUT2D eigenvalue weighted by atomic mass is 32.2. The quantitative estimate of drug-likeness (QED) is 0.261. The summed E-state index contributed by atoms with van der Waals surface area (Å²) in [7, 11) is -4.86. The van der Waals surface area contributed by atoms with Crippen LogP contribution in [0.4, 0.5) is 0 Å². The maximum atomic E-state index is 12.5. The number of piperidine rings is 6. The van der Waals surface area contributed by atoms with Gasteiger partial charge in [0.2, 0.25) is 20.0 Å². The number of amides is 2. The second kappa shape index (κ2) is 16.1. The molecule has 6 fully saturated rings. The Balaban J connectivity index is 0.000000216. The zero-order chi connectivity index (χ0) is 34.6. The number of benzene rings is 2. The SMILES string of the molecule is COc1ccc(S(N)(=O)=O)cc1C(=O)NCC1CC2CCN1CC2.COc1ccc(S(N)(=O)=O)cc1C(=O)NCC1CC2CCN1CC2.O. The molecule has 0 saturated carbocycles. The van der Waals surface area contributed by atoms with Gasteiger partial charge in [-0.25, -0.2) is 27.1 Å². The van der Waals surface area contributed by atoms with Gasteiger partial charge in [-0.15, -0.1) is 0 Å². The van der Waals surface area contributed by atoms with Gasteiger partial charge in [0.05, 0.1) is 35.1 Å². The number of nitrogens with two attached hydrogens (primary N) is 2. The summed E-state index contributed by atoms with van der Waals surface area (Å²) in [6, 6.07) is 8.78. The molecule has 8 N–H and O–H groups in total. The summed E-state index contributed by atoms with van der Waals surface area (Å²) in [6.07, 6.45) is 7.19. The van der Waals surface area contributed by atoms with Crippen molar-refractivity contribution in [2.75, 3.05) is 53.5 Å². The highest BCUT2D eigenvalue weighted by Gasteiger charge is 2.35. The number of methoxy groups -OCH3 is 2. The number of hydrogen-bond acceptors (Lipinski definition) is 10. The molecule has 2 amide bonds. The fraction of sp³-hybridized carbons (Fsp3) is 0.562. The van der Waals surface area contributed by atoms with Crippen molar-refractivity contribution in [3.8, 4) is 11.5 Å². The first kappa shape index (κ1) is 38.5. The molecule has 49 heavy (non-hydrogen) atoms. The Kier molecular flexibility index (Phi) is 12.7. The summed E-state index contributed by atoms with van der Waals surface area (Å²) in [6.45, 7) is 5.48. The monoisotopic (exact) mass is 724 g/mol. The molecule has 272 valence electrons. The minimum atomic E-state index is -3.87. The van der Waals surface area contributed by atoms with Crippen LogP contribution in [0.1, 0.15) is 59.2 Å². The smallest absolute Gasteiger partial charge is 0.255 e. The molecule has 2 atom stereocenters. The van der Waals surface area contributed by atoms with Gasteiger partial charge in [0.1, 0.15) is 11.5 Å². The van der Waals surface area contributed by atoms with E-state index in [4.69, 9.17) is 19.8 Å². The zero-order valence-electron chi connectivity index (χ0n) is 27.9. The van der Waals surface area contributed by atoms with E-state index in [1.807, 2.05) is 0 Å². The second-order valence-corrected chi connectivity index (χ2v) is 16.1. The summed E-state index contributed by atoms with van der Waals surface area (Å²) >= 11 is 0. The third-order valence-corrected chi connectivity index (χ3v) is 11.8. The maximum Gasteiger partial charge on any atom is 0.255 e. The molecular formula is C32H48N6O9S2. The van der Waals surface area contributed by atoms with Crippen LogP contribution in [0.15, 0.2) is 46.2 Å². The average Bonchev–Trinajstić information content (AvgIpc) is 3.09. The van der Waals surface area contributed by atoms with Crippen molar-refractivity contribution in [2.24, 2.45) is 22.1 Å². The molecule has 0 spiro atoms. The predicted molar refractivity (Wildman–Crippen MR) is 182 cm³/mol. The molecule has 2 unspecified atom stereocenters. The van der Waals surface area contributed by atoms with E-state index in [9.17, 15) is 26.4 Å². The second-order valence-electron chi connectivity index (χ2n) is 13.0. The van der Waals surface area contributed by atoms with Gasteiger partial charge in [0.15, 0.2) is 0 Å². The lowest BCUT2D eigenvalue weighted by Gasteiger charge is -2.45. The van der Waals surface area contributed by atoms with Crippen LogP contribution in [0.2, 0.25) is 0 Å². The minimum absolute atomic E-state index is 0. The number of primary sulfonamides is 2. The van der Waals surface area contributed by atoms with Crippen molar-refractivity contribution in [3.05, 3.63) is 47.5 Å². The van der Waals surface area contributed by atoms with Crippen molar-refractivity contribution in [1.29, 1.82) is 0 Å². The van der Waals surface area contributed by atoms with Gasteiger partial charge in [-0.05, 0) is 113 Å². The van der Waals surface area contributed by atoms with Crippen molar-refractivity contribution in [2.45, 2.75) is 60.4 Å². The molecule has 0 aromatic heterocycles. The fourth-order valence-corrected chi connectivity index (χ4v) is 8.37. The average molecular weight is 725 g/mol. The van der Waals surface area contributed by atoms with Gasteiger partial charge in [0.25, 0.3) is 11.8 Å². The van der Waals surface area contributed by atoms with E-state index < -0.39 is 20.0 Å². The lowest BCUT2D eigenvalue weighted by Crippen LogP contribution is -2.53. The molecule has 6 aliphatic heterocycles. The van der Waals surface area contributed by atoms with Crippen LogP contribution in [0.25, 0.3) is 0 Å². The van der Waals surface area contributed by atoms with Crippen LogP contribution in [0, 0.1) is 11.8 Å². The molecule has 0 radical (unpaired) electrons. The van der Waals surface area contributed by atoms with E-state index in [1.165, 1.54) is 76.3 Å². The molecular weight excluding hydrogens is 677 g/mol. The third-order valence-electron chi connectivity index (χ3n) is 10.0. The lowest BCUT2D eigenvalue weighted by molar-refractivity contribution is 0.0481. The Hall–Kier alpha value is -3.32. The van der Waals surface area contributed by atoms with Crippen LogP contribution in [-0.4, -0.2) is 109 Å². The number of hydrogen-bond donors (Lipinski definition) is 4. The lowest BCUT2D eigenvalue weighted by atomic mass is 9.83. The fourth-order valence-electron chi connectivity index (χ4n) is 7.29. The van der Waals surface area contributed by atoms with E-state index in [-0.39, 0.29) is 38.2 Å². The zero-order valence-corrected chi connectivity index (χ0v) is 29.5. The standard InChI is InChI=1S/2C16H23N3O4S.H2O/c2*1-23-15-3-2-13(24(17,21)22)9-14(15)16(20)18-10-12-8-11-4-6-19(12)7-5-11;/h2*2-3,9,11-12H,4-8,10H2,1H3,(H,18,20)(H2,17,21,22);1H2. The van der Waals surface area contributed by atoms with Gasteiger partial charge in [-0.2, -0.15) is 0 Å². The Bertz CT molecular complexity index is 1580. The van der Waals surface area contributed by atoms with Crippen LogP contribution in [-0.2, 0) is 20.0 Å². The topological polar surface area (TPSA) is 235 Å². The van der Waals surface area contributed by atoms with E-state index in [0.717, 1.165) is 50.9 Å². The van der Waals surface area contributed by atoms with E-state index in [2.05, 4.69) is 20.4 Å². The van der Waals surface area contributed by atoms with Crippen molar-refractivity contribution in [3.63, 3.8) is 0 Å². The number of nitrogens with one attached hydrogen (secondary N) is 2. The van der Waals surface area contributed by atoms with Gasteiger partial charge >= 0.3 is 0 Å². The van der Waals surface area contributed by atoms with Crippen molar-refractivity contribution < 1.29 is 41.4 Å². The Labute approximate surface area is 288 Å². The summed E-state index contributed by atoms with van der Waals surface area (Å²) in [4.78, 5) is 29.6. The molecule has 6 heterocycles. The van der Waals surface area contributed by atoms with Crippen LogP contribution in [0.3, 0.4) is 0 Å². The largest absolute Gasteiger partial charge is 0.496 e. The van der Waals surface area contributed by atoms with E-state index in [0.29, 0.717) is 36.7 Å². The molecule has 8 rings (SSSR count). The summed E-state index contributed by atoms with van der Waals surface area (Å²) in [5, 5.41) is 16.1. The third kappa shape index (κ3) is 9.48. The molecule has 6 saturated heterocycles. The van der Waals surface area contributed by atoms with Crippen LogP contribution < -0.4 is 30.4 Å². The molecule has 0 aliphatic carbocycles. The van der Waals surface area contributed by atoms with Gasteiger partial charge in [-0.3, -0.25) is 19.4 Å². The molecule has 2 aromatic rings. The number of rotatable bonds is 10. The summed E-state index contributed by atoms with van der Waals surface area (Å²) in [5.41, 5.74) is 0.361. The highest BCUT2D eigenvalue weighted by molar-refractivity contribution is 7.89. The highest BCUT2D eigenvalue weighted by Crippen LogP contribution is 2.33. The predicted octanol–water partition coefficient (Wildman–Crippen LogP) is 0.289. The van der Waals surface area contributed by atoms with Gasteiger partial charge in [0, 0.05) is 25.2 Å². The maximum absolute atomic E-state index is 12.5. The Morgan fingerprint density at radius 1 is 0.694 bits per heavy atom. The van der Waals surface area contributed by atoms with Crippen LogP contribution >= 0.6 is 0 Å². The number of sulfonamides is 2. The first-order valence-corrected chi connectivity index (χ1v) is 19.3. The first-order valence-electron chi connectivity index (χ1n) is 16.2. The van der Waals surface area contributed by atoms with Crippen molar-refractivity contribution in [1.82, 2.24) is 20.4 Å². The Morgan fingerprint density at radius 2 is 1.04 bits per heavy atom. The number of nitrogens with zero attached hydrogens (tertiary/aromatic N) is 2. The molecule has 4 bridgehead atoms. The number of carbonyl (C=O) groups is 2. The van der Waals surface area contributed by atoms with Gasteiger partial charge in [-0.1, -0.05) is 0 Å². The molecule has 6 aliphatic rings. The summed E-state index contributed by atoms with van der Waals surface area (Å²) in [5.74, 6) is 1.48. The van der Waals surface area contributed by atoms with Gasteiger partial charge < -0.3 is 25.6 Å². The summed E-state index contributed by atoms with van der Waals surface area (Å²) < 4.78 is 56.3. The first-order chi connectivity index (χ1) is 22.8. The van der Waals surface area contributed by atoms with E-state index in [1.54, 1.807) is 0 Å². The molecule has 15 nitrogen and oxygen atoms in total. The number of ether oxygens (including phenoxy) is 2. The molecule has 17 heteroatoms. The Morgan fingerprint density at radius 3 is 1.31 bits per heavy atom. The van der Waals surface area contributed by atoms with Crippen molar-refractivity contribution >= 4 is 31.9 Å². The van der Waals surface area contributed by atoms with Crippen LogP contribution in [0.5, 0.6) is 11.5 Å². The molecule has 2 aromatic carbocycles. The minimum Gasteiger partial charge on any atom is -0.496 e. The normalized spacial score (nSPS) is 25.6. The van der Waals surface area contributed by atoms with E-state index >= 15 is 0 Å². The number of carbonyl (C=O) groups excluding carboxylic acids is 2.